The zero-order valence-electron chi connectivity index (χ0n) is 13.4. The summed E-state index contributed by atoms with van der Waals surface area (Å²) in [6.07, 6.45) is 7.94. The van der Waals surface area contributed by atoms with Gasteiger partial charge in [0.15, 0.2) is 5.16 Å². The van der Waals surface area contributed by atoms with Crippen molar-refractivity contribution in [3.05, 3.63) is 10.5 Å². The zero-order chi connectivity index (χ0) is 15.9. The topological polar surface area (TPSA) is 79.8 Å². The van der Waals surface area contributed by atoms with Crippen molar-refractivity contribution in [2.45, 2.75) is 81.8 Å². The van der Waals surface area contributed by atoms with Gasteiger partial charge in [0.05, 0.1) is 5.25 Å². The summed E-state index contributed by atoms with van der Waals surface area (Å²) in [6, 6.07) is 0.301. The molecule has 124 valence electrons. The van der Waals surface area contributed by atoms with Gasteiger partial charge >= 0.3 is 5.69 Å². The Balaban J connectivity index is 1.92. The van der Waals surface area contributed by atoms with Gasteiger partial charge in [0.1, 0.15) is 0 Å². The van der Waals surface area contributed by atoms with E-state index in [1.807, 2.05) is 13.8 Å². The summed E-state index contributed by atoms with van der Waals surface area (Å²) in [4.78, 5) is 24.0. The molecule has 1 aromatic heterocycles. The maximum Gasteiger partial charge on any atom is 0.343 e. The van der Waals surface area contributed by atoms with E-state index in [1.54, 1.807) is 4.57 Å². The second-order valence-corrected chi connectivity index (χ2v) is 7.23. The van der Waals surface area contributed by atoms with E-state index in [4.69, 9.17) is 0 Å². The smallest absolute Gasteiger partial charge is 0.343 e. The number of hydrogen-bond acceptors (Lipinski definition) is 4. The highest BCUT2D eigenvalue weighted by Gasteiger charge is 2.22. The molecule has 0 aromatic carbocycles. The Morgan fingerprint density at radius 2 is 2.09 bits per heavy atom. The molecule has 7 heteroatoms. The predicted octanol–water partition coefficient (Wildman–Crippen LogP) is 2.30. The molecule has 0 aliphatic heterocycles. The highest BCUT2D eigenvalue weighted by atomic mass is 32.2. The fourth-order valence-electron chi connectivity index (χ4n) is 2.77. The number of amides is 1. The molecule has 1 atom stereocenters. The average molecular weight is 326 g/mol. The van der Waals surface area contributed by atoms with Gasteiger partial charge in [-0.3, -0.25) is 9.36 Å². The standard InChI is InChI=1S/C15H26N4O2S/c1-3-10-19-14(21)17-18-15(19)22-11(2)13(20)16-12-8-6-4-5-7-9-12/h11-12H,3-10H2,1-2H3,(H,16,20)(H,17,21). The first kappa shape index (κ1) is 17.1. The van der Waals surface area contributed by atoms with Crippen LogP contribution in [0.4, 0.5) is 0 Å². The van der Waals surface area contributed by atoms with Crippen molar-refractivity contribution in [3.63, 3.8) is 0 Å². The average Bonchev–Trinajstić information content (AvgIpc) is 2.70. The molecule has 0 bridgehead atoms. The SMILES string of the molecule is CCCn1c(SC(C)C(=O)NC2CCCCCC2)n[nH]c1=O. The van der Waals surface area contributed by atoms with Gasteiger partial charge < -0.3 is 5.32 Å². The van der Waals surface area contributed by atoms with E-state index >= 15 is 0 Å². The van der Waals surface area contributed by atoms with E-state index in [1.165, 1.54) is 37.4 Å². The Bertz CT molecular complexity index is 532. The minimum absolute atomic E-state index is 0.0374. The maximum atomic E-state index is 12.3. The normalized spacial score (nSPS) is 17.9. The van der Waals surface area contributed by atoms with Gasteiger partial charge in [-0.1, -0.05) is 44.4 Å². The van der Waals surface area contributed by atoms with E-state index < -0.39 is 0 Å². The Kier molecular flexibility index (Phi) is 6.54. The third kappa shape index (κ3) is 4.63. The first-order valence-electron chi connectivity index (χ1n) is 8.24. The molecule has 1 saturated carbocycles. The molecular weight excluding hydrogens is 300 g/mol. The van der Waals surface area contributed by atoms with Crippen LogP contribution in [0.5, 0.6) is 0 Å². The molecule has 1 aromatic rings. The van der Waals surface area contributed by atoms with E-state index in [-0.39, 0.29) is 16.8 Å². The van der Waals surface area contributed by atoms with Gasteiger partial charge in [-0.15, -0.1) is 5.10 Å². The number of carbonyl (C=O) groups is 1. The van der Waals surface area contributed by atoms with Crippen molar-refractivity contribution < 1.29 is 4.79 Å². The number of aromatic nitrogens is 3. The molecular formula is C15H26N4O2S. The number of rotatable bonds is 6. The van der Waals surface area contributed by atoms with Crippen molar-refractivity contribution in [2.24, 2.45) is 0 Å². The number of aromatic amines is 1. The van der Waals surface area contributed by atoms with Gasteiger partial charge in [0.25, 0.3) is 0 Å². The van der Waals surface area contributed by atoms with Crippen LogP contribution in [0.1, 0.15) is 58.8 Å². The predicted molar refractivity (Wildman–Crippen MR) is 88.1 cm³/mol. The molecule has 1 heterocycles. The zero-order valence-corrected chi connectivity index (χ0v) is 14.2. The van der Waals surface area contributed by atoms with Crippen molar-refractivity contribution in [3.8, 4) is 0 Å². The van der Waals surface area contributed by atoms with E-state index in [9.17, 15) is 9.59 Å². The Morgan fingerprint density at radius 1 is 1.41 bits per heavy atom. The van der Waals surface area contributed by atoms with E-state index in [2.05, 4.69) is 15.5 Å². The third-order valence-corrected chi connectivity index (χ3v) is 5.11. The van der Waals surface area contributed by atoms with Crippen LogP contribution < -0.4 is 11.0 Å². The van der Waals surface area contributed by atoms with Gasteiger partial charge in [-0.25, -0.2) is 9.89 Å². The largest absolute Gasteiger partial charge is 0.352 e. The highest BCUT2D eigenvalue weighted by molar-refractivity contribution is 8.00. The molecule has 1 aliphatic carbocycles. The third-order valence-electron chi connectivity index (χ3n) is 4.02. The number of thioether (sulfide) groups is 1. The molecule has 1 unspecified atom stereocenters. The molecule has 1 fully saturated rings. The van der Waals surface area contributed by atoms with E-state index in [0.717, 1.165) is 19.3 Å². The van der Waals surface area contributed by atoms with Crippen LogP contribution in [-0.4, -0.2) is 32.0 Å². The second-order valence-electron chi connectivity index (χ2n) is 5.92. The fourth-order valence-corrected chi connectivity index (χ4v) is 3.66. The van der Waals surface area contributed by atoms with Gasteiger partial charge in [0.2, 0.25) is 5.91 Å². The summed E-state index contributed by atoms with van der Waals surface area (Å²) >= 11 is 1.34. The van der Waals surface area contributed by atoms with Crippen molar-refractivity contribution >= 4 is 17.7 Å². The van der Waals surface area contributed by atoms with Crippen LogP contribution in [0.2, 0.25) is 0 Å². The molecule has 0 spiro atoms. The van der Waals surface area contributed by atoms with Crippen LogP contribution in [0.25, 0.3) is 0 Å². The highest BCUT2D eigenvalue weighted by Crippen LogP contribution is 2.22. The van der Waals surface area contributed by atoms with E-state index in [0.29, 0.717) is 17.7 Å². The number of carbonyl (C=O) groups excluding carboxylic acids is 1. The lowest BCUT2D eigenvalue weighted by Crippen LogP contribution is -2.39. The van der Waals surface area contributed by atoms with Crippen LogP contribution in [-0.2, 0) is 11.3 Å². The molecule has 0 radical (unpaired) electrons. The van der Waals surface area contributed by atoms with Crippen molar-refractivity contribution in [1.82, 2.24) is 20.1 Å². The molecule has 1 amide bonds. The lowest BCUT2D eigenvalue weighted by atomic mass is 10.1. The second kappa shape index (κ2) is 8.41. The number of H-pyrrole nitrogens is 1. The van der Waals surface area contributed by atoms with Crippen LogP contribution in [0, 0.1) is 0 Å². The first-order chi connectivity index (χ1) is 10.6. The lowest BCUT2D eigenvalue weighted by molar-refractivity contribution is -0.121. The summed E-state index contributed by atoms with van der Waals surface area (Å²) < 4.78 is 1.60. The fraction of sp³-hybridized carbons (Fsp3) is 0.800. The van der Waals surface area contributed by atoms with Gasteiger partial charge in [-0.05, 0) is 26.2 Å². The summed E-state index contributed by atoms with van der Waals surface area (Å²) in [5, 5.41) is 9.98. The minimum Gasteiger partial charge on any atom is -0.352 e. The first-order valence-corrected chi connectivity index (χ1v) is 9.12. The summed E-state index contributed by atoms with van der Waals surface area (Å²) in [5.41, 5.74) is -0.208. The Labute approximate surface area is 135 Å². The molecule has 6 nitrogen and oxygen atoms in total. The lowest BCUT2D eigenvalue weighted by Gasteiger charge is -2.19. The molecule has 2 N–H and O–H groups in total. The maximum absolute atomic E-state index is 12.3. The Morgan fingerprint density at radius 3 is 2.73 bits per heavy atom. The van der Waals surface area contributed by atoms with Crippen molar-refractivity contribution in [1.29, 1.82) is 0 Å². The quantitative estimate of drug-likeness (QED) is 0.621. The van der Waals surface area contributed by atoms with Gasteiger partial charge in [0, 0.05) is 12.6 Å². The number of nitrogens with one attached hydrogen (secondary N) is 2. The minimum atomic E-state index is -0.256. The molecule has 1 aliphatic rings. The summed E-state index contributed by atoms with van der Waals surface area (Å²) in [6.45, 7) is 4.50. The van der Waals surface area contributed by atoms with Crippen LogP contribution >= 0.6 is 11.8 Å². The summed E-state index contributed by atoms with van der Waals surface area (Å²) in [5.74, 6) is 0.0374. The van der Waals surface area contributed by atoms with Crippen LogP contribution in [0.15, 0.2) is 9.95 Å². The monoisotopic (exact) mass is 326 g/mol. The number of hydrogen-bond donors (Lipinski definition) is 2. The summed E-state index contributed by atoms with van der Waals surface area (Å²) in [7, 11) is 0. The molecule has 0 saturated heterocycles. The number of nitrogens with zero attached hydrogens (tertiary/aromatic N) is 2. The molecule has 2 rings (SSSR count). The molecule has 22 heavy (non-hydrogen) atoms. The Hall–Kier alpha value is -1.24. The van der Waals surface area contributed by atoms with Crippen molar-refractivity contribution in [2.75, 3.05) is 0 Å². The van der Waals surface area contributed by atoms with Crippen LogP contribution in [0.3, 0.4) is 0 Å². The van der Waals surface area contributed by atoms with Gasteiger partial charge in [-0.2, -0.15) is 0 Å².